The standard InChI is InChI=1S/C14H16FN3O3S/c15-10-7-9(18-8-12(13(16)19)21-14(18)20)1-2-11(10)17-3-5-22-6-4-17/h1-2,7,12H,3-6,8H2,(H2,16,19)/t12-/m1/s1. The zero-order chi connectivity index (χ0) is 15.7. The minimum atomic E-state index is -0.991. The molecule has 2 aliphatic rings. The molecule has 0 spiro atoms. The quantitative estimate of drug-likeness (QED) is 0.903. The molecule has 6 nitrogen and oxygen atoms in total. The number of halogens is 1. The summed E-state index contributed by atoms with van der Waals surface area (Å²) >= 11 is 1.85. The van der Waals surface area contributed by atoms with Crippen LogP contribution in [0.25, 0.3) is 0 Å². The number of cyclic esters (lactones) is 1. The van der Waals surface area contributed by atoms with Gasteiger partial charge in [-0.2, -0.15) is 11.8 Å². The van der Waals surface area contributed by atoms with Crippen molar-refractivity contribution >= 4 is 35.1 Å². The van der Waals surface area contributed by atoms with E-state index in [0.717, 1.165) is 24.6 Å². The van der Waals surface area contributed by atoms with E-state index in [4.69, 9.17) is 10.5 Å². The van der Waals surface area contributed by atoms with Crippen LogP contribution in [-0.2, 0) is 9.53 Å². The topological polar surface area (TPSA) is 75.9 Å². The zero-order valence-corrected chi connectivity index (χ0v) is 12.6. The number of carbonyl (C=O) groups is 2. The van der Waals surface area contributed by atoms with Crippen LogP contribution in [-0.4, -0.2) is 49.2 Å². The average molecular weight is 325 g/mol. The summed E-state index contributed by atoms with van der Waals surface area (Å²) in [6, 6.07) is 4.61. The van der Waals surface area contributed by atoms with Gasteiger partial charge in [-0.25, -0.2) is 9.18 Å². The number of hydrogen-bond acceptors (Lipinski definition) is 5. The predicted molar refractivity (Wildman–Crippen MR) is 82.7 cm³/mol. The lowest BCUT2D eigenvalue weighted by Crippen LogP contribution is -2.33. The fraction of sp³-hybridized carbons (Fsp3) is 0.429. The maximum Gasteiger partial charge on any atom is 0.415 e. The highest BCUT2D eigenvalue weighted by molar-refractivity contribution is 7.99. The molecule has 0 bridgehead atoms. The van der Waals surface area contributed by atoms with Crippen LogP contribution in [0.4, 0.5) is 20.6 Å². The molecule has 1 aromatic carbocycles. The first-order chi connectivity index (χ1) is 10.6. The maximum atomic E-state index is 14.4. The van der Waals surface area contributed by atoms with Gasteiger partial charge in [0.25, 0.3) is 5.91 Å². The van der Waals surface area contributed by atoms with Crippen LogP contribution in [0.5, 0.6) is 0 Å². The highest BCUT2D eigenvalue weighted by atomic mass is 32.2. The molecular formula is C14H16FN3O3S. The summed E-state index contributed by atoms with van der Waals surface area (Å²) in [4.78, 5) is 26.0. The number of nitrogens with two attached hydrogens (primary N) is 1. The third kappa shape index (κ3) is 2.83. The van der Waals surface area contributed by atoms with Crippen LogP contribution < -0.4 is 15.5 Å². The van der Waals surface area contributed by atoms with Gasteiger partial charge in [0.15, 0.2) is 6.10 Å². The second kappa shape index (κ2) is 6.04. The molecule has 22 heavy (non-hydrogen) atoms. The number of benzene rings is 1. The van der Waals surface area contributed by atoms with Crippen molar-refractivity contribution < 1.29 is 18.7 Å². The Morgan fingerprint density at radius 1 is 1.36 bits per heavy atom. The number of primary amides is 1. The second-order valence-corrected chi connectivity index (χ2v) is 6.35. The van der Waals surface area contributed by atoms with E-state index in [1.807, 2.05) is 16.7 Å². The molecule has 0 radical (unpaired) electrons. The number of carbonyl (C=O) groups excluding carboxylic acids is 2. The van der Waals surface area contributed by atoms with Gasteiger partial charge >= 0.3 is 6.09 Å². The lowest BCUT2D eigenvalue weighted by atomic mass is 10.2. The van der Waals surface area contributed by atoms with E-state index in [0.29, 0.717) is 11.4 Å². The van der Waals surface area contributed by atoms with Crippen LogP contribution in [0.3, 0.4) is 0 Å². The van der Waals surface area contributed by atoms with Gasteiger partial charge in [-0.3, -0.25) is 9.69 Å². The van der Waals surface area contributed by atoms with Gasteiger partial charge < -0.3 is 15.4 Å². The summed E-state index contributed by atoms with van der Waals surface area (Å²) < 4.78 is 19.2. The fourth-order valence-electron chi connectivity index (χ4n) is 2.55. The molecule has 118 valence electrons. The number of nitrogens with zero attached hydrogens (tertiary/aromatic N) is 2. The van der Waals surface area contributed by atoms with Crippen LogP contribution in [0.2, 0.25) is 0 Å². The largest absolute Gasteiger partial charge is 0.434 e. The molecule has 0 unspecified atom stereocenters. The van der Waals surface area contributed by atoms with Crippen molar-refractivity contribution in [3.8, 4) is 0 Å². The Bertz CT molecular complexity index is 607. The van der Waals surface area contributed by atoms with Crippen molar-refractivity contribution in [2.24, 2.45) is 5.73 Å². The normalized spacial score (nSPS) is 21.9. The van der Waals surface area contributed by atoms with E-state index in [1.165, 1.54) is 11.0 Å². The van der Waals surface area contributed by atoms with Gasteiger partial charge in [-0.15, -0.1) is 0 Å². The molecule has 2 saturated heterocycles. The number of amides is 2. The molecule has 1 aromatic rings. The molecule has 2 amide bonds. The summed E-state index contributed by atoms with van der Waals surface area (Å²) in [5, 5.41) is 0. The number of rotatable bonds is 3. The Morgan fingerprint density at radius 2 is 2.09 bits per heavy atom. The zero-order valence-electron chi connectivity index (χ0n) is 11.8. The molecule has 2 fully saturated rings. The first kappa shape index (κ1) is 15.0. The molecule has 3 rings (SSSR count). The predicted octanol–water partition coefficient (Wildman–Crippen LogP) is 1.19. The van der Waals surface area contributed by atoms with Crippen molar-refractivity contribution in [2.75, 3.05) is 40.9 Å². The van der Waals surface area contributed by atoms with Gasteiger partial charge in [0.05, 0.1) is 17.9 Å². The molecule has 1 atom stereocenters. The van der Waals surface area contributed by atoms with Crippen molar-refractivity contribution in [3.05, 3.63) is 24.0 Å². The van der Waals surface area contributed by atoms with Crippen LogP contribution >= 0.6 is 11.8 Å². The first-order valence-corrected chi connectivity index (χ1v) is 8.11. The third-order valence-electron chi connectivity index (χ3n) is 3.72. The molecule has 2 N–H and O–H groups in total. The Labute approximate surface area is 131 Å². The SMILES string of the molecule is NC(=O)[C@H]1CN(c2ccc(N3CCSCC3)c(F)c2)C(=O)O1. The molecule has 0 saturated carbocycles. The monoisotopic (exact) mass is 325 g/mol. The Kier molecular flexibility index (Phi) is 4.10. The minimum Gasteiger partial charge on any atom is -0.434 e. The van der Waals surface area contributed by atoms with Crippen molar-refractivity contribution in [1.29, 1.82) is 0 Å². The highest BCUT2D eigenvalue weighted by Crippen LogP contribution is 2.29. The van der Waals surface area contributed by atoms with Gasteiger partial charge in [0.2, 0.25) is 0 Å². The number of hydrogen-bond donors (Lipinski definition) is 1. The lowest BCUT2D eigenvalue weighted by Gasteiger charge is -2.29. The molecule has 2 heterocycles. The van der Waals surface area contributed by atoms with Crippen molar-refractivity contribution in [3.63, 3.8) is 0 Å². The fourth-order valence-corrected chi connectivity index (χ4v) is 3.45. The Hall–Kier alpha value is -1.96. The highest BCUT2D eigenvalue weighted by Gasteiger charge is 2.36. The molecule has 0 aliphatic carbocycles. The molecule has 0 aromatic heterocycles. The molecule has 8 heteroatoms. The Balaban J connectivity index is 1.80. The van der Waals surface area contributed by atoms with Gasteiger partial charge in [0, 0.05) is 24.6 Å². The van der Waals surface area contributed by atoms with Gasteiger partial charge in [0.1, 0.15) is 5.82 Å². The first-order valence-electron chi connectivity index (χ1n) is 6.96. The van der Waals surface area contributed by atoms with Crippen LogP contribution in [0.1, 0.15) is 0 Å². The summed E-state index contributed by atoms with van der Waals surface area (Å²) in [5.74, 6) is 0.846. The second-order valence-electron chi connectivity index (χ2n) is 5.12. The van der Waals surface area contributed by atoms with Gasteiger partial charge in [-0.05, 0) is 18.2 Å². The minimum absolute atomic E-state index is 0.00725. The summed E-state index contributed by atoms with van der Waals surface area (Å²) in [7, 11) is 0. The van der Waals surface area contributed by atoms with Crippen molar-refractivity contribution in [2.45, 2.75) is 6.10 Å². The lowest BCUT2D eigenvalue weighted by molar-refractivity contribution is -0.124. The summed E-state index contributed by atoms with van der Waals surface area (Å²) in [6.07, 6.45) is -1.68. The average Bonchev–Trinajstić information content (AvgIpc) is 2.90. The maximum absolute atomic E-state index is 14.4. The number of ether oxygens (including phenoxy) is 1. The van der Waals surface area contributed by atoms with Crippen molar-refractivity contribution in [1.82, 2.24) is 0 Å². The van der Waals surface area contributed by atoms with E-state index in [9.17, 15) is 14.0 Å². The smallest absolute Gasteiger partial charge is 0.415 e. The van der Waals surface area contributed by atoms with E-state index in [2.05, 4.69) is 0 Å². The Morgan fingerprint density at radius 3 is 2.68 bits per heavy atom. The van der Waals surface area contributed by atoms with Gasteiger partial charge in [-0.1, -0.05) is 0 Å². The molecule has 2 aliphatic heterocycles. The summed E-state index contributed by atoms with van der Waals surface area (Å²) in [5.41, 5.74) is 6.02. The van der Waals surface area contributed by atoms with E-state index in [1.54, 1.807) is 12.1 Å². The number of thioether (sulfide) groups is 1. The summed E-state index contributed by atoms with van der Waals surface area (Å²) in [6.45, 7) is 1.61. The van der Waals surface area contributed by atoms with E-state index < -0.39 is 18.1 Å². The van der Waals surface area contributed by atoms with E-state index >= 15 is 0 Å². The molecular weight excluding hydrogens is 309 g/mol. The third-order valence-corrected chi connectivity index (χ3v) is 4.67. The van der Waals surface area contributed by atoms with E-state index in [-0.39, 0.29) is 12.4 Å². The van der Waals surface area contributed by atoms with Crippen LogP contribution in [0, 0.1) is 5.82 Å². The van der Waals surface area contributed by atoms with Crippen LogP contribution in [0.15, 0.2) is 18.2 Å². The number of anilines is 2.